The molecular weight excluding hydrogens is 781 g/mol. The van der Waals surface area contributed by atoms with Crippen LogP contribution in [0.2, 0.25) is 0 Å². The summed E-state index contributed by atoms with van der Waals surface area (Å²) in [6.45, 7) is 0. The van der Waals surface area contributed by atoms with Crippen molar-refractivity contribution in [2.75, 3.05) is 0 Å². The maximum atomic E-state index is 5.23. The van der Waals surface area contributed by atoms with Gasteiger partial charge < -0.3 is 0 Å². The molecule has 4 bridgehead atoms. The summed E-state index contributed by atoms with van der Waals surface area (Å²) in [5.41, 5.74) is 13.6. The molecule has 306 valence electrons. The van der Waals surface area contributed by atoms with Gasteiger partial charge in [-0.25, -0.2) is 29.9 Å². The van der Waals surface area contributed by atoms with E-state index < -0.39 is 0 Å². The molecule has 0 saturated heterocycles. The molecule has 6 nitrogen and oxygen atoms in total. The van der Waals surface area contributed by atoms with Gasteiger partial charge >= 0.3 is 0 Å². The smallest absolute Gasteiger partial charge is 0.164 e. The summed E-state index contributed by atoms with van der Waals surface area (Å²) in [6.07, 6.45) is 6.78. The Morgan fingerprint density at radius 2 is 0.641 bits per heavy atom. The quantitative estimate of drug-likeness (QED) is 0.159. The molecule has 5 aliphatic carbocycles. The van der Waals surface area contributed by atoms with Gasteiger partial charge in [0.15, 0.2) is 34.9 Å². The zero-order valence-electron chi connectivity index (χ0n) is 35.3. The van der Waals surface area contributed by atoms with E-state index in [-0.39, 0.29) is 5.41 Å². The Kier molecular flexibility index (Phi) is 8.61. The van der Waals surface area contributed by atoms with E-state index in [0.717, 1.165) is 50.8 Å². The Labute approximate surface area is 373 Å². The van der Waals surface area contributed by atoms with Crippen molar-refractivity contribution < 1.29 is 0 Å². The van der Waals surface area contributed by atoms with Gasteiger partial charge in [0.25, 0.3) is 0 Å². The first-order valence-electron chi connectivity index (χ1n) is 22.8. The number of fused-ring (bicyclic) bond motifs is 3. The number of nitrogens with zero attached hydrogens (tertiary/aromatic N) is 6. The van der Waals surface area contributed by atoms with Crippen molar-refractivity contribution in [2.24, 2.45) is 23.7 Å². The number of hydrogen-bond donors (Lipinski definition) is 0. The molecule has 4 saturated carbocycles. The maximum absolute atomic E-state index is 5.23. The van der Waals surface area contributed by atoms with Crippen LogP contribution in [0.1, 0.15) is 43.2 Å². The molecule has 9 aromatic rings. The van der Waals surface area contributed by atoms with E-state index in [9.17, 15) is 0 Å². The highest BCUT2D eigenvalue weighted by Gasteiger charge is 2.61. The number of aromatic nitrogens is 6. The molecule has 2 heterocycles. The van der Waals surface area contributed by atoms with E-state index in [4.69, 9.17) is 29.9 Å². The minimum absolute atomic E-state index is 0.0442. The Hall–Kier alpha value is -7.44. The molecular formula is C58H44N6. The van der Waals surface area contributed by atoms with Crippen LogP contribution in [0.3, 0.4) is 0 Å². The fourth-order valence-corrected chi connectivity index (χ4v) is 12.3. The largest absolute Gasteiger partial charge is 0.208 e. The first kappa shape index (κ1) is 37.1. The summed E-state index contributed by atoms with van der Waals surface area (Å²) in [5, 5.41) is 0. The fraction of sp³-hybridized carbons (Fsp3) is 0.172. The lowest BCUT2D eigenvalue weighted by Crippen LogP contribution is -2.55. The van der Waals surface area contributed by atoms with Crippen LogP contribution in [-0.4, -0.2) is 29.9 Å². The third-order valence-corrected chi connectivity index (χ3v) is 14.7. The van der Waals surface area contributed by atoms with Crippen molar-refractivity contribution in [2.45, 2.75) is 37.5 Å². The predicted molar refractivity (Wildman–Crippen MR) is 255 cm³/mol. The van der Waals surface area contributed by atoms with Gasteiger partial charge in [0, 0.05) is 38.8 Å². The minimum atomic E-state index is 0.0442. The van der Waals surface area contributed by atoms with E-state index in [1.165, 1.54) is 54.4 Å². The van der Waals surface area contributed by atoms with Gasteiger partial charge in [-0.05, 0) is 113 Å². The van der Waals surface area contributed by atoms with Crippen molar-refractivity contribution >= 4 is 0 Å². The van der Waals surface area contributed by atoms with Crippen LogP contribution in [0.25, 0.3) is 90.6 Å². The molecule has 0 radical (unpaired) electrons. The van der Waals surface area contributed by atoms with Gasteiger partial charge in [-0.2, -0.15) is 0 Å². The highest BCUT2D eigenvalue weighted by Crippen LogP contribution is 2.69. The first-order valence-corrected chi connectivity index (χ1v) is 22.8. The first-order chi connectivity index (χ1) is 31.6. The van der Waals surface area contributed by atoms with Crippen LogP contribution in [0.5, 0.6) is 0 Å². The molecule has 0 aliphatic heterocycles. The van der Waals surface area contributed by atoms with Crippen molar-refractivity contribution in [3.63, 3.8) is 0 Å². The summed E-state index contributed by atoms with van der Waals surface area (Å²) >= 11 is 0. The monoisotopic (exact) mass is 824 g/mol. The van der Waals surface area contributed by atoms with Crippen LogP contribution in [0.15, 0.2) is 182 Å². The van der Waals surface area contributed by atoms with Gasteiger partial charge in [0.1, 0.15) is 0 Å². The van der Waals surface area contributed by atoms with E-state index in [0.29, 0.717) is 46.8 Å². The Morgan fingerprint density at radius 3 is 1.08 bits per heavy atom. The van der Waals surface area contributed by atoms with E-state index in [2.05, 4.69) is 109 Å². The van der Waals surface area contributed by atoms with E-state index in [1.807, 2.05) is 72.8 Å². The summed E-state index contributed by atoms with van der Waals surface area (Å²) in [6, 6.07) is 64.0. The lowest BCUT2D eigenvalue weighted by atomic mass is 9.43. The Balaban J connectivity index is 1.04. The fourth-order valence-electron chi connectivity index (χ4n) is 12.3. The zero-order valence-corrected chi connectivity index (χ0v) is 35.3. The zero-order chi connectivity index (χ0) is 42.2. The summed E-state index contributed by atoms with van der Waals surface area (Å²) < 4.78 is 0. The number of benzene rings is 7. The second-order valence-corrected chi connectivity index (χ2v) is 18.4. The molecule has 0 atom stereocenters. The second kappa shape index (κ2) is 14.8. The second-order valence-electron chi connectivity index (χ2n) is 18.4. The molecule has 2 aromatic heterocycles. The van der Waals surface area contributed by atoms with Crippen LogP contribution in [0, 0.1) is 23.7 Å². The van der Waals surface area contributed by atoms with Crippen molar-refractivity contribution in [1.29, 1.82) is 0 Å². The van der Waals surface area contributed by atoms with Crippen LogP contribution in [-0.2, 0) is 5.41 Å². The summed E-state index contributed by atoms with van der Waals surface area (Å²) in [7, 11) is 0. The molecule has 4 fully saturated rings. The normalized spacial score (nSPS) is 21.2. The van der Waals surface area contributed by atoms with Crippen molar-refractivity contribution in [1.82, 2.24) is 29.9 Å². The third-order valence-electron chi connectivity index (χ3n) is 14.7. The topological polar surface area (TPSA) is 77.3 Å². The van der Waals surface area contributed by atoms with Crippen LogP contribution >= 0.6 is 0 Å². The highest BCUT2D eigenvalue weighted by atomic mass is 15.0. The molecule has 7 aromatic carbocycles. The molecule has 1 spiro atoms. The molecule has 14 rings (SSSR count). The molecule has 5 aliphatic rings. The van der Waals surface area contributed by atoms with E-state index >= 15 is 0 Å². The third kappa shape index (κ3) is 6.07. The molecule has 0 amide bonds. The van der Waals surface area contributed by atoms with Crippen molar-refractivity contribution in [3.05, 3.63) is 193 Å². The van der Waals surface area contributed by atoms with Gasteiger partial charge in [-0.1, -0.05) is 158 Å². The summed E-state index contributed by atoms with van der Waals surface area (Å²) in [5.74, 6) is 6.72. The standard InChI is InChI=1S/C58H44N6/c1-5-15-38(16-6-1)52-59-53(39-17-7-2-8-18-39)62-56(61-52)44-32-43(33-45(34-44)57-63-54(40-19-9-3-10-20-40)60-55(64-57)41-21-11-4-12-22-41)42-25-26-49-48-23-13-14-24-50(48)58(51(49)35-42)46-28-36-27-37(30-46)31-47(58)29-36/h1-26,32-37,46-47H,27-31H2. The van der Waals surface area contributed by atoms with Gasteiger partial charge in [-0.3, -0.25) is 0 Å². The molecule has 0 unspecified atom stereocenters. The van der Waals surface area contributed by atoms with Crippen LogP contribution in [0.4, 0.5) is 0 Å². The predicted octanol–water partition coefficient (Wildman–Crippen LogP) is 13.4. The maximum Gasteiger partial charge on any atom is 0.164 e. The van der Waals surface area contributed by atoms with Gasteiger partial charge in [0.2, 0.25) is 0 Å². The average molecular weight is 825 g/mol. The van der Waals surface area contributed by atoms with Gasteiger partial charge in [-0.15, -0.1) is 0 Å². The lowest BCUT2D eigenvalue weighted by Gasteiger charge is -2.61. The molecule has 6 heteroatoms. The Morgan fingerprint density at radius 1 is 0.281 bits per heavy atom. The SMILES string of the molecule is c1ccc(-c2nc(-c3ccccc3)nc(-c3cc(-c4ccc5c(c4)C4(c6ccccc6-5)C5CC6CC(C5)CC4C6)cc(-c4nc(-c5ccccc5)nc(-c5ccccc5)n4)c3)n2)cc1. The minimum Gasteiger partial charge on any atom is -0.208 e. The van der Waals surface area contributed by atoms with Crippen molar-refractivity contribution in [3.8, 4) is 90.6 Å². The summed E-state index contributed by atoms with van der Waals surface area (Å²) in [4.78, 5) is 31.0. The van der Waals surface area contributed by atoms with Crippen LogP contribution < -0.4 is 0 Å². The number of rotatable bonds is 7. The Bertz CT molecular complexity index is 2940. The highest BCUT2D eigenvalue weighted by molar-refractivity contribution is 5.86. The van der Waals surface area contributed by atoms with E-state index in [1.54, 1.807) is 5.56 Å². The number of hydrogen-bond acceptors (Lipinski definition) is 6. The average Bonchev–Trinajstić information content (AvgIpc) is 3.66. The van der Waals surface area contributed by atoms with Gasteiger partial charge in [0.05, 0.1) is 0 Å². The molecule has 64 heavy (non-hydrogen) atoms. The molecule has 0 N–H and O–H groups in total. The lowest BCUT2D eigenvalue weighted by molar-refractivity contribution is -0.0399.